The highest BCUT2D eigenvalue weighted by Crippen LogP contribution is 2.34. The summed E-state index contributed by atoms with van der Waals surface area (Å²) >= 11 is 2.80. The van der Waals surface area contributed by atoms with Gasteiger partial charge in [0.15, 0.2) is 5.16 Å². The van der Waals surface area contributed by atoms with E-state index in [9.17, 15) is 14.4 Å². The smallest absolute Gasteiger partial charge is 0.267 e. The first-order valence-corrected chi connectivity index (χ1v) is 14.0. The third kappa shape index (κ3) is 4.89. The predicted octanol–water partition coefficient (Wildman–Crippen LogP) is 4.20. The Bertz CT molecular complexity index is 1340. The molecule has 35 heavy (non-hydrogen) atoms. The molecule has 2 aliphatic rings. The highest BCUT2D eigenvalue weighted by Gasteiger charge is 2.27. The first-order chi connectivity index (χ1) is 16.9. The van der Waals surface area contributed by atoms with Gasteiger partial charge < -0.3 is 10.2 Å². The second kappa shape index (κ2) is 10.1. The van der Waals surface area contributed by atoms with Crippen LogP contribution < -0.4 is 10.9 Å². The molecule has 2 amide bonds. The van der Waals surface area contributed by atoms with Crippen LogP contribution in [0.1, 0.15) is 55.0 Å². The molecule has 0 bridgehead atoms. The molecule has 0 spiro atoms. The van der Waals surface area contributed by atoms with Crippen molar-refractivity contribution in [2.45, 2.75) is 70.1 Å². The molecule has 1 fully saturated rings. The van der Waals surface area contributed by atoms with Gasteiger partial charge in [-0.05, 0) is 43.4 Å². The van der Waals surface area contributed by atoms with Gasteiger partial charge in [0.05, 0.1) is 23.4 Å². The summed E-state index contributed by atoms with van der Waals surface area (Å²) < 4.78 is 1.67. The molecule has 0 unspecified atom stereocenters. The van der Waals surface area contributed by atoms with Gasteiger partial charge >= 0.3 is 0 Å². The van der Waals surface area contributed by atoms with Crippen LogP contribution in [0.15, 0.2) is 34.2 Å². The fourth-order valence-corrected chi connectivity index (χ4v) is 7.16. The summed E-state index contributed by atoms with van der Waals surface area (Å²) in [5, 5.41) is 4.33. The topological polar surface area (TPSA) is 84.3 Å². The Morgan fingerprint density at radius 3 is 2.71 bits per heavy atom. The molecule has 3 aromatic rings. The van der Waals surface area contributed by atoms with E-state index in [4.69, 9.17) is 4.98 Å². The fourth-order valence-electron chi connectivity index (χ4n) is 5.06. The summed E-state index contributed by atoms with van der Waals surface area (Å²) in [4.78, 5) is 47.0. The lowest BCUT2D eigenvalue weighted by Crippen LogP contribution is -2.37. The van der Waals surface area contributed by atoms with Gasteiger partial charge in [0.1, 0.15) is 4.83 Å². The molecule has 184 valence electrons. The number of aromatic nitrogens is 2. The van der Waals surface area contributed by atoms with E-state index in [1.165, 1.54) is 29.5 Å². The van der Waals surface area contributed by atoms with Crippen molar-refractivity contribution in [3.05, 3.63) is 50.6 Å². The zero-order valence-electron chi connectivity index (χ0n) is 20.1. The number of nitrogens with one attached hydrogen (secondary N) is 1. The van der Waals surface area contributed by atoms with E-state index < -0.39 is 0 Å². The van der Waals surface area contributed by atoms with Crippen molar-refractivity contribution in [3.8, 4) is 5.69 Å². The van der Waals surface area contributed by atoms with E-state index in [1.54, 1.807) is 11.5 Å². The summed E-state index contributed by atoms with van der Waals surface area (Å²) in [6.07, 6.45) is 6.28. The maximum atomic E-state index is 13.9. The summed E-state index contributed by atoms with van der Waals surface area (Å²) in [7, 11) is 0. The number of benzene rings is 1. The highest BCUT2D eigenvalue weighted by atomic mass is 32.2. The van der Waals surface area contributed by atoms with Crippen LogP contribution in [0.3, 0.4) is 0 Å². The molecule has 3 heterocycles. The van der Waals surface area contributed by atoms with E-state index in [-0.39, 0.29) is 29.2 Å². The molecule has 7 nitrogen and oxygen atoms in total. The average Bonchev–Trinajstić information content (AvgIpc) is 3.22. The van der Waals surface area contributed by atoms with Gasteiger partial charge in [-0.25, -0.2) is 4.98 Å². The van der Waals surface area contributed by atoms with Crippen molar-refractivity contribution in [1.82, 2.24) is 19.8 Å². The number of fused-ring (bicyclic) bond motifs is 3. The Balaban J connectivity index is 1.52. The molecule has 0 saturated heterocycles. The van der Waals surface area contributed by atoms with Crippen LogP contribution >= 0.6 is 23.1 Å². The summed E-state index contributed by atoms with van der Waals surface area (Å²) in [6, 6.07) is 8.01. The van der Waals surface area contributed by atoms with Crippen LogP contribution in [0, 0.1) is 6.92 Å². The highest BCUT2D eigenvalue weighted by molar-refractivity contribution is 7.99. The lowest BCUT2D eigenvalue weighted by atomic mass is 9.95. The van der Waals surface area contributed by atoms with E-state index in [2.05, 4.69) is 5.32 Å². The number of hydrogen-bond donors (Lipinski definition) is 1. The molecule has 5 rings (SSSR count). The number of para-hydroxylation sites is 1. The van der Waals surface area contributed by atoms with Crippen LogP contribution in [-0.2, 0) is 22.6 Å². The molecule has 1 N–H and O–H groups in total. The van der Waals surface area contributed by atoms with E-state index in [0.717, 1.165) is 47.4 Å². The largest absolute Gasteiger partial charge is 0.353 e. The zero-order chi connectivity index (χ0) is 24.5. The SMILES string of the molecule is CC(=O)N1CCc2c(sc3nc(SCC(=O)NC4CCCCC4)n(-c4ccccc4C)c(=O)c23)C1. The first-order valence-electron chi connectivity index (χ1n) is 12.2. The molecule has 0 atom stereocenters. The first kappa shape index (κ1) is 24.1. The van der Waals surface area contributed by atoms with Gasteiger partial charge in [-0.2, -0.15) is 0 Å². The lowest BCUT2D eigenvalue weighted by molar-refractivity contribution is -0.129. The van der Waals surface area contributed by atoms with Crippen LogP contribution in [0.2, 0.25) is 0 Å². The van der Waals surface area contributed by atoms with Gasteiger partial charge in [0.2, 0.25) is 11.8 Å². The second-order valence-electron chi connectivity index (χ2n) is 9.39. The maximum absolute atomic E-state index is 13.9. The number of carbonyl (C=O) groups is 2. The third-order valence-corrected chi connectivity index (χ3v) is 9.00. The van der Waals surface area contributed by atoms with Gasteiger partial charge in [-0.1, -0.05) is 49.2 Å². The number of rotatable bonds is 5. The summed E-state index contributed by atoms with van der Waals surface area (Å²) in [5.74, 6) is 0.234. The van der Waals surface area contributed by atoms with Crippen molar-refractivity contribution in [1.29, 1.82) is 0 Å². The Kier molecular flexibility index (Phi) is 6.98. The number of hydrogen-bond acceptors (Lipinski definition) is 6. The number of amides is 2. The minimum Gasteiger partial charge on any atom is -0.353 e. The second-order valence-corrected chi connectivity index (χ2v) is 11.4. The van der Waals surface area contributed by atoms with Crippen molar-refractivity contribution in [2.75, 3.05) is 12.3 Å². The molecule has 1 aromatic carbocycles. The number of aryl methyl sites for hydroxylation is 1. The molecule has 2 aromatic heterocycles. The number of thioether (sulfide) groups is 1. The third-order valence-electron chi connectivity index (χ3n) is 6.95. The van der Waals surface area contributed by atoms with Crippen LogP contribution in [0.5, 0.6) is 0 Å². The van der Waals surface area contributed by atoms with Crippen LogP contribution in [0.4, 0.5) is 0 Å². The minimum atomic E-state index is -0.103. The van der Waals surface area contributed by atoms with Gasteiger partial charge in [0, 0.05) is 24.4 Å². The fraction of sp³-hybridized carbons (Fsp3) is 0.462. The molecule has 1 aliphatic heterocycles. The molecule has 1 saturated carbocycles. The maximum Gasteiger partial charge on any atom is 0.267 e. The predicted molar refractivity (Wildman–Crippen MR) is 140 cm³/mol. The van der Waals surface area contributed by atoms with Crippen LogP contribution in [0.25, 0.3) is 15.9 Å². The van der Waals surface area contributed by atoms with E-state index >= 15 is 0 Å². The zero-order valence-corrected chi connectivity index (χ0v) is 21.8. The summed E-state index contributed by atoms with van der Waals surface area (Å²) in [5.41, 5.74) is 2.65. The van der Waals surface area contributed by atoms with Crippen molar-refractivity contribution >= 4 is 45.1 Å². The Hall–Kier alpha value is -2.65. The number of carbonyl (C=O) groups excluding carboxylic acids is 2. The molecule has 9 heteroatoms. The molecule has 0 radical (unpaired) electrons. The standard InChI is InChI=1S/C26H30N4O3S2/c1-16-8-6-7-11-20(16)30-25(33)23-19-12-13-29(17(2)31)14-21(19)35-24(23)28-26(30)34-15-22(32)27-18-9-4-3-5-10-18/h6-8,11,18H,3-5,9-10,12-15H2,1-2H3,(H,27,32). The van der Waals surface area contributed by atoms with Gasteiger partial charge in [-0.3, -0.25) is 19.0 Å². The minimum absolute atomic E-state index is 0.0184. The number of nitrogens with zero attached hydrogens (tertiary/aromatic N) is 3. The lowest BCUT2D eigenvalue weighted by Gasteiger charge is -2.25. The summed E-state index contributed by atoms with van der Waals surface area (Å²) in [6.45, 7) is 4.68. The Morgan fingerprint density at radius 1 is 1.20 bits per heavy atom. The van der Waals surface area contributed by atoms with Crippen molar-refractivity contribution < 1.29 is 9.59 Å². The molecule has 1 aliphatic carbocycles. The molecular formula is C26H30N4O3S2. The van der Waals surface area contributed by atoms with Gasteiger partial charge in [-0.15, -0.1) is 11.3 Å². The quantitative estimate of drug-likeness (QED) is 0.411. The van der Waals surface area contributed by atoms with Crippen LogP contribution in [-0.4, -0.2) is 44.6 Å². The average molecular weight is 511 g/mol. The normalized spacial score (nSPS) is 16.3. The van der Waals surface area contributed by atoms with Gasteiger partial charge in [0.25, 0.3) is 5.56 Å². The van der Waals surface area contributed by atoms with Crippen molar-refractivity contribution in [2.24, 2.45) is 0 Å². The number of thiophene rings is 1. The Labute approximate surface area is 212 Å². The molecular weight excluding hydrogens is 480 g/mol. The Morgan fingerprint density at radius 2 is 1.97 bits per heavy atom. The van der Waals surface area contributed by atoms with Crippen molar-refractivity contribution in [3.63, 3.8) is 0 Å². The van der Waals surface area contributed by atoms with E-state index in [0.29, 0.717) is 34.9 Å². The van der Waals surface area contributed by atoms with E-state index in [1.807, 2.05) is 36.1 Å². The monoisotopic (exact) mass is 510 g/mol.